The van der Waals surface area contributed by atoms with Crippen molar-refractivity contribution in [2.75, 3.05) is 19.6 Å². The van der Waals surface area contributed by atoms with Gasteiger partial charge < -0.3 is 10.0 Å². The molecule has 1 amide bonds. The van der Waals surface area contributed by atoms with E-state index in [2.05, 4.69) is 4.72 Å². The Morgan fingerprint density at radius 1 is 1.22 bits per heavy atom. The van der Waals surface area contributed by atoms with Crippen molar-refractivity contribution in [3.63, 3.8) is 0 Å². The van der Waals surface area contributed by atoms with Crippen molar-refractivity contribution in [3.05, 3.63) is 29.8 Å². The van der Waals surface area contributed by atoms with E-state index in [1.54, 1.807) is 4.90 Å². The Bertz CT molecular complexity index is 676. The van der Waals surface area contributed by atoms with Crippen LogP contribution in [0.4, 0.5) is 0 Å². The highest BCUT2D eigenvalue weighted by Crippen LogP contribution is 2.18. The third-order valence-corrected chi connectivity index (χ3v) is 5.47. The van der Waals surface area contributed by atoms with Gasteiger partial charge in [-0.15, -0.1) is 0 Å². The minimum atomic E-state index is -3.66. The summed E-state index contributed by atoms with van der Waals surface area (Å²) in [5, 5.41) is 8.82. The van der Waals surface area contributed by atoms with Crippen LogP contribution in [0.5, 0.6) is 0 Å². The summed E-state index contributed by atoms with van der Waals surface area (Å²) in [5.74, 6) is -0.861. The van der Waals surface area contributed by atoms with Crippen LogP contribution in [-0.2, 0) is 14.8 Å². The lowest BCUT2D eigenvalue weighted by atomic mass is 9.97. The average molecular weight is 340 g/mol. The summed E-state index contributed by atoms with van der Waals surface area (Å²) in [7, 11) is -3.66. The molecule has 0 saturated carbocycles. The quantitative estimate of drug-likeness (QED) is 0.829. The Morgan fingerprint density at radius 2 is 1.78 bits per heavy atom. The van der Waals surface area contributed by atoms with E-state index in [9.17, 15) is 18.0 Å². The molecule has 1 aromatic rings. The zero-order chi connectivity index (χ0) is 17.0. The number of aromatic carboxylic acids is 1. The number of carboxylic acids is 1. The van der Waals surface area contributed by atoms with E-state index in [0.717, 1.165) is 12.8 Å². The number of hydrogen-bond donors (Lipinski definition) is 2. The van der Waals surface area contributed by atoms with Crippen molar-refractivity contribution < 1.29 is 23.1 Å². The molecule has 0 aromatic heterocycles. The van der Waals surface area contributed by atoms with E-state index in [0.29, 0.717) is 19.6 Å². The number of benzene rings is 1. The first kappa shape index (κ1) is 17.4. The van der Waals surface area contributed by atoms with Crippen LogP contribution in [0.15, 0.2) is 29.2 Å². The molecule has 2 N–H and O–H groups in total. The van der Waals surface area contributed by atoms with Crippen LogP contribution < -0.4 is 4.72 Å². The van der Waals surface area contributed by atoms with Gasteiger partial charge in [-0.1, -0.05) is 0 Å². The molecule has 0 radical (unpaired) electrons. The number of piperidine rings is 1. The van der Waals surface area contributed by atoms with E-state index >= 15 is 0 Å². The summed E-state index contributed by atoms with van der Waals surface area (Å²) in [4.78, 5) is 23.8. The summed E-state index contributed by atoms with van der Waals surface area (Å²) in [6.45, 7) is 3.14. The minimum Gasteiger partial charge on any atom is -0.478 e. The molecule has 1 aliphatic rings. The van der Waals surface area contributed by atoms with E-state index in [4.69, 9.17) is 5.11 Å². The first-order chi connectivity index (χ1) is 10.8. The molecular formula is C15H20N2O5S. The third kappa shape index (κ3) is 4.52. The van der Waals surface area contributed by atoms with E-state index in [-0.39, 0.29) is 22.3 Å². The molecule has 0 atom stereocenters. The number of amides is 1. The molecule has 1 saturated heterocycles. The van der Waals surface area contributed by atoms with Crippen molar-refractivity contribution in [2.24, 2.45) is 5.92 Å². The number of nitrogens with zero attached hydrogens (tertiary/aromatic N) is 1. The Hall–Kier alpha value is -1.93. The fourth-order valence-electron chi connectivity index (χ4n) is 2.54. The molecule has 1 fully saturated rings. The normalized spacial score (nSPS) is 16.3. The number of carbonyl (C=O) groups is 2. The zero-order valence-electron chi connectivity index (χ0n) is 12.9. The third-order valence-electron chi connectivity index (χ3n) is 4.03. The van der Waals surface area contributed by atoms with Crippen molar-refractivity contribution >= 4 is 21.9 Å². The molecule has 1 heterocycles. The Morgan fingerprint density at radius 3 is 2.26 bits per heavy atom. The average Bonchev–Trinajstić information content (AvgIpc) is 2.53. The SMILES string of the molecule is CC(=O)N1CCC(CNS(=O)(=O)c2ccc(C(=O)O)cc2)CC1. The van der Waals surface area contributed by atoms with Gasteiger partial charge in [-0.25, -0.2) is 17.9 Å². The van der Waals surface area contributed by atoms with Gasteiger partial charge >= 0.3 is 5.97 Å². The second-order valence-electron chi connectivity index (χ2n) is 5.63. The molecule has 2 rings (SSSR count). The number of likely N-dealkylation sites (tertiary alicyclic amines) is 1. The molecule has 0 aliphatic carbocycles. The van der Waals surface area contributed by atoms with Gasteiger partial charge in [-0.05, 0) is 43.0 Å². The van der Waals surface area contributed by atoms with Crippen LogP contribution in [0.25, 0.3) is 0 Å². The zero-order valence-corrected chi connectivity index (χ0v) is 13.7. The van der Waals surface area contributed by atoms with Gasteiger partial charge in [0.1, 0.15) is 0 Å². The molecule has 8 heteroatoms. The van der Waals surface area contributed by atoms with E-state index in [1.807, 2.05) is 0 Å². The number of hydrogen-bond acceptors (Lipinski definition) is 4. The Kier molecular flexibility index (Phi) is 5.38. The monoisotopic (exact) mass is 340 g/mol. The summed E-state index contributed by atoms with van der Waals surface area (Å²) >= 11 is 0. The van der Waals surface area contributed by atoms with Crippen LogP contribution in [0, 0.1) is 5.92 Å². The predicted molar refractivity (Wildman–Crippen MR) is 83.6 cm³/mol. The number of rotatable bonds is 5. The molecule has 126 valence electrons. The fourth-order valence-corrected chi connectivity index (χ4v) is 3.66. The lowest BCUT2D eigenvalue weighted by molar-refractivity contribution is -0.130. The Labute approximate surface area is 135 Å². The summed E-state index contributed by atoms with van der Waals surface area (Å²) < 4.78 is 27.0. The van der Waals surface area contributed by atoms with Crippen LogP contribution in [0.2, 0.25) is 0 Å². The fraction of sp³-hybridized carbons (Fsp3) is 0.467. The van der Waals surface area contributed by atoms with E-state index < -0.39 is 16.0 Å². The molecule has 0 bridgehead atoms. The maximum atomic E-state index is 12.2. The van der Waals surface area contributed by atoms with Gasteiger partial charge in [0, 0.05) is 26.6 Å². The highest BCUT2D eigenvalue weighted by atomic mass is 32.2. The number of carbonyl (C=O) groups excluding carboxylic acids is 1. The lowest BCUT2D eigenvalue weighted by Crippen LogP contribution is -2.40. The van der Waals surface area contributed by atoms with Gasteiger partial charge in [0.05, 0.1) is 10.5 Å². The highest BCUT2D eigenvalue weighted by molar-refractivity contribution is 7.89. The van der Waals surface area contributed by atoms with E-state index in [1.165, 1.54) is 31.2 Å². The molecule has 0 unspecified atom stereocenters. The molecule has 1 aromatic carbocycles. The number of sulfonamides is 1. The van der Waals surface area contributed by atoms with Gasteiger partial charge in [0.25, 0.3) is 0 Å². The van der Waals surface area contributed by atoms with Gasteiger partial charge in [0.15, 0.2) is 0 Å². The van der Waals surface area contributed by atoms with Crippen molar-refractivity contribution in [3.8, 4) is 0 Å². The van der Waals surface area contributed by atoms with Gasteiger partial charge in [-0.2, -0.15) is 0 Å². The topological polar surface area (TPSA) is 104 Å². The van der Waals surface area contributed by atoms with Gasteiger partial charge in [-0.3, -0.25) is 4.79 Å². The summed E-state index contributed by atoms with van der Waals surface area (Å²) in [6.07, 6.45) is 1.53. The largest absolute Gasteiger partial charge is 0.478 e. The summed E-state index contributed by atoms with van der Waals surface area (Å²) in [5.41, 5.74) is 0.0422. The van der Waals surface area contributed by atoms with Crippen LogP contribution >= 0.6 is 0 Å². The maximum absolute atomic E-state index is 12.2. The molecular weight excluding hydrogens is 320 g/mol. The van der Waals surface area contributed by atoms with Gasteiger partial charge in [0.2, 0.25) is 15.9 Å². The van der Waals surface area contributed by atoms with Crippen LogP contribution in [0.1, 0.15) is 30.1 Å². The van der Waals surface area contributed by atoms with Crippen LogP contribution in [0.3, 0.4) is 0 Å². The first-order valence-electron chi connectivity index (χ1n) is 7.38. The molecule has 7 nitrogen and oxygen atoms in total. The second-order valence-corrected chi connectivity index (χ2v) is 7.40. The molecule has 0 spiro atoms. The smallest absolute Gasteiger partial charge is 0.335 e. The summed E-state index contributed by atoms with van der Waals surface area (Å²) in [6, 6.07) is 5.10. The van der Waals surface area contributed by atoms with Crippen molar-refractivity contribution in [2.45, 2.75) is 24.7 Å². The first-order valence-corrected chi connectivity index (χ1v) is 8.86. The number of nitrogens with one attached hydrogen (secondary N) is 1. The maximum Gasteiger partial charge on any atom is 0.335 e. The molecule has 1 aliphatic heterocycles. The highest BCUT2D eigenvalue weighted by Gasteiger charge is 2.23. The number of carboxylic acid groups (broad SMARTS) is 1. The van der Waals surface area contributed by atoms with Crippen molar-refractivity contribution in [1.29, 1.82) is 0 Å². The Balaban J connectivity index is 1.92. The van der Waals surface area contributed by atoms with Crippen molar-refractivity contribution in [1.82, 2.24) is 9.62 Å². The van der Waals surface area contributed by atoms with Crippen LogP contribution in [-0.4, -0.2) is 49.9 Å². The standard InChI is InChI=1S/C15H20N2O5S/c1-11(18)17-8-6-12(7-9-17)10-16-23(21,22)14-4-2-13(3-5-14)15(19)20/h2-5,12,16H,6-10H2,1H3,(H,19,20). The second kappa shape index (κ2) is 7.10. The molecule has 23 heavy (non-hydrogen) atoms. The lowest BCUT2D eigenvalue weighted by Gasteiger charge is -2.31. The minimum absolute atomic E-state index is 0.0422. The predicted octanol–water partition coefficient (Wildman–Crippen LogP) is 0.922.